The number of hydrogen-bond donors (Lipinski definition) is 0. The SMILES string of the molecule is CCc1nc2c(F)cccc2n1C1=NC=NCN1c1ccc(Cl)c(F)c1. The third-order valence-corrected chi connectivity index (χ3v) is 4.46. The van der Waals surface area contributed by atoms with Crippen LogP contribution >= 0.6 is 11.6 Å². The largest absolute Gasteiger partial charge is 0.291 e. The van der Waals surface area contributed by atoms with E-state index in [9.17, 15) is 8.78 Å². The van der Waals surface area contributed by atoms with Gasteiger partial charge in [-0.2, -0.15) is 0 Å². The van der Waals surface area contributed by atoms with Gasteiger partial charge in [-0.25, -0.2) is 18.8 Å². The molecule has 0 atom stereocenters. The molecule has 0 aliphatic carbocycles. The maximum Gasteiger partial charge on any atom is 0.219 e. The van der Waals surface area contributed by atoms with E-state index in [2.05, 4.69) is 15.0 Å². The molecule has 0 saturated heterocycles. The molecule has 1 aliphatic heterocycles. The van der Waals surface area contributed by atoms with Gasteiger partial charge < -0.3 is 0 Å². The fourth-order valence-corrected chi connectivity index (χ4v) is 3.06. The number of aryl methyl sites for hydroxylation is 1. The second kappa shape index (κ2) is 6.49. The molecular formula is C18H14ClF2N5. The third kappa shape index (κ3) is 2.64. The van der Waals surface area contributed by atoms with Gasteiger partial charge >= 0.3 is 0 Å². The van der Waals surface area contributed by atoms with Crippen LogP contribution in [0.3, 0.4) is 0 Å². The molecule has 0 fully saturated rings. The molecule has 5 nitrogen and oxygen atoms in total. The second-order valence-electron chi connectivity index (χ2n) is 5.72. The van der Waals surface area contributed by atoms with Crippen molar-refractivity contribution in [1.82, 2.24) is 9.55 Å². The lowest BCUT2D eigenvalue weighted by atomic mass is 10.2. The van der Waals surface area contributed by atoms with Crippen LogP contribution in [0.15, 0.2) is 46.4 Å². The van der Waals surface area contributed by atoms with Gasteiger partial charge in [0.1, 0.15) is 30.2 Å². The van der Waals surface area contributed by atoms with Gasteiger partial charge in [-0.3, -0.25) is 14.5 Å². The zero-order valence-electron chi connectivity index (χ0n) is 13.8. The van der Waals surface area contributed by atoms with Gasteiger partial charge in [0.25, 0.3) is 0 Å². The third-order valence-electron chi connectivity index (χ3n) is 4.16. The number of para-hydroxylation sites is 1. The first-order valence-electron chi connectivity index (χ1n) is 8.05. The Morgan fingerprint density at radius 2 is 2.00 bits per heavy atom. The van der Waals surface area contributed by atoms with Gasteiger partial charge in [-0.05, 0) is 30.3 Å². The van der Waals surface area contributed by atoms with Crippen molar-refractivity contribution in [2.45, 2.75) is 13.3 Å². The Morgan fingerprint density at radius 3 is 2.77 bits per heavy atom. The lowest BCUT2D eigenvalue weighted by Gasteiger charge is -2.27. The number of imidazole rings is 1. The molecule has 26 heavy (non-hydrogen) atoms. The average Bonchev–Trinajstić information content (AvgIpc) is 3.04. The monoisotopic (exact) mass is 373 g/mol. The van der Waals surface area contributed by atoms with Crippen LogP contribution in [0.5, 0.6) is 0 Å². The Kier molecular flexibility index (Phi) is 4.16. The summed E-state index contributed by atoms with van der Waals surface area (Å²) in [5.41, 5.74) is 1.41. The van der Waals surface area contributed by atoms with Crippen LogP contribution in [0.2, 0.25) is 5.02 Å². The van der Waals surface area contributed by atoms with Crippen LogP contribution < -0.4 is 4.90 Å². The summed E-state index contributed by atoms with van der Waals surface area (Å²) in [5.74, 6) is 0.200. The highest BCUT2D eigenvalue weighted by atomic mass is 35.5. The van der Waals surface area contributed by atoms with Crippen LogP contribution in [0.4, 0.5) is 14.5 Å². The van der Waals surface area contributed by atoms with Gasteiger partial charge in [0.05, 0.1) is 10.5 Å². The normalized spacial score (nSPS) is 14.2. The van der Waals surface area contributed by atoms with E-state index in [1.54, 1.807) is 27.7 Å². The molecule has 0 radical (unpaired) electrons. The number of rotatable bonds is 2. The van der Waals surface area contributed by atoms with Gasteiger partial charge in [-0.15, -0.1) is 0 Å². The molecule has 0 amide bonds. The summed E-state index contributed by atoms with van der Waals surface area (Å²) >= 11 is 5.79. The Balaban J connectivity index is 1.91. The minimum Gasteiger partial charge on any atom is -0.291 e. The van der Waals surface area contributed by atoms with E-state index in [4.69, 9.17) is 11.6 Å². The minimum atomic E-state index is -0.532. The number of fused-ring (bicyclic) bond motifs is 1. The van der Waals surface area contributed by atoms with E-state index in [-0.39, 0.29) is 17.2 Å². The predicted molar refractivity (Wildman–Crippen MR) is 99.2 cm³/mol. The summed E-state index contributed by atoms with van der Waals surface area (Å²) < 4.78 is 29.9. The van der Waals surface area contributed by atoms with Crippen molar-refractivity contribution in [2.75, 3.05) is 11.6 Å². The molecule has 0 saturated carbocycles. The Hall–Kier alpha value is -2.80. The summed E-state index contributed by atoms with van der Waals surface area (Å²) in [6, 6.07) is 9.26. The van der Waals surface area contributed by atoms with Crippen LogP contribution in [-0.4, -0.2) is 28.5 Å². The fraction of sp³-hybridized carbons (Fsp3) is 0.167. The average molecular weight is 374 g/mol. The van der Waals surface area contributed by atoms with Gasteiger partial charge in [0.15, 0.2) is 5.82 Å². The topological polar surface area (TPSA) is 45.8 Å². The van der Waals surface area contributed by atoms with Crippen molar-refractivity contribution in [2.24, 2.45) is 9.98 Å². The van der Waals surface area contributed by atoms with Crippen molar-refractivity contribution in [1.29, 1.82) is 0 Å². The number of anilines is 1. The summed E-state index contributed by atoms with van der Waals surface area (Å²) in [5, 5.41) is 0.0390. The first-order chi connectivity index (χ1) is 12.6. The fourth-order valence-electron chi connectivity index (χ4n) is 2.95. The highest BCUT2D eigenvalue weighted by Gasteiger charge is 2.24. The molecule has 0 unspecified atom stereocenters. The molecule has 1 aromatic heterocycles. The number of aromatic nitrogens is 2. The molecule has 132 valence electrons. The van der Waals surface area contributed by atoms with E-state index in [0.717, 1.165) is 0 Å². The van der Waals surface area contributed by atoms with Crippen LogP contribution in [-0.2, 0) is 6.42 Å². The smallest absolute Gasteiger partial charge is 0.219 e. The molecule has 4 rings (SSSR count). The number of aliphatic imine (C=N–C) groups is 2. The summed E-state index contributed by atoms with van der Waals surface area (Å²) in [6.07, 6.45) is 2.01. The van der Waals surface area contributed by atoms with Crippen LogP contribution in [0.25, 0.3) is 11.0 Å². The minimum absolute atomic E-state index is 0.0390. The van der Waals surface area contributed by atoms with Crippen molar-refractivity contribution in [3.63, 3.8) is 0 Å². The Morgan fingerprint density at radius 1 is 1.15 bits per heavy atom. The quantitative estimate of drug-likeness (QED) is 0.674. The molecular weight excluding hydrogens is 360 g/mol. The summed E-state index contributed by atoms with van der Waals surface area (Å²) in [4.78, 5) is 14.6. The Labute approximate surface area is 153 Å². The second-order valence-corrected chi connectivity index (χ2v) is 6.13. The number of halogens is 3. The molecule has 2 aromatic carbocycles. The van der Waals surface area contributed by atoms with E-state index < -0.39 is 11.6 Å². The molecule has 0 spiro atoms. The standard InChI is InChI=1S/C18H14ClF2N5/c1-2-16-24-17-13(20)4-3-5-15(17)26(16)18-23-9-22-10-25(18)11-6-7-12(19)14(21)8-11/h3-9H,2,10H2,1H3. The van der Waals surface area contributed by atoms with Crippen molar-refractivity contribution in [3.8, 4) is 0 Å². The van der Waals surface area contributed by atoms with E-state index in [1.807, 2.05) is 6.92 Å². The maximum atomic E-state index is 14.2. The number of hydrogen-bond acceptors (Lipinski definition) is 4. The molecule has 0 bridgehead atoms. The van der Waals surface area contributed by atoms with Crippen molar-refractivity contribution < 1.29 is 8.78 Å². The zero-order chi connectivity index (χ0) is 18.3. The van der Waals surface area contributed by atoms with Crippen LogP contribution in [0.1, 0.15) is 12.7 Å². The lowest BCUT2D eigenvalue weighted by Crippen LogP contribution is -2.39. The first-order valence-corrected chi connectivity index (χ1v) is 8.43. The molecule has 1 aliphatic rings. The number of benzene rings is 2. The lowest BCUT2D eigenvalue weighted by molar-refractivity contribution is 0.628. The van der Waals surface area contributed by atoms with Crippen molar-refractivity contribution >= 4 is 40.6 Å². The molecule has 0 N–H and O–H groups in total. The van der Waals surface area contributed by atoms with E-state index in [0.29, 0.717) is 29.4 Å². The highest BCUT2D eigenvalue weighted by Crippen LogP contribution is 2.26. The van der Waals surface area contributed by atoms with Crippen LogP contribution in [0, 0.1) is 11.6 Å². The maximum absolute atomic E-state index is 14.2. The van der Waals surface area contributed by atoms with E-state index in [1.165, 1.54) is 24.5 Å². The first kappa shape index (κ1) is 16.7. The van der Waals surface area contributed by atoms with E-state index >= 15 is 0 Å². The molecule has 2 heterocycles. The van der Waals surface area contributed by atoms with Crippen molar-refractivity contribution in [3.05, 3.63) is 58.9 Å². The molecule has 8 heteroatoms. The summed E-state index contributed by atoms with van der Waals surface area (Å²) in [6.45, 7) is 2.18. The number of nitrogens with zero attached hydrogens (tertiary/aromatic N) is 5. The predicted octanol–water partition coefficient (Wildman–Crippen LogP) is 4.24. The zero-order valence-corrected chi connectivity index (χ0v) is 14.6. The van der Waals surface area contributed by atoms with Gasteiger partial charge in [0.2, 0.25) is 5.96 Å². The Bertz CT molecular complexity index is 1060. The van der Waals surface area contributed by atoms with Gasteiger partial charge in [0, 0.05) is 12.1 Å². The highest BCUT2D eigenvalue weighted by molar-refractivity contribution is 6.30. The summed E-state index contributed by atoms with van der Waals surface area (Å²) in [7, 11) is 0. The molecule has 3 aromatic rings. The van der Waals surface area contributed by atoms with Gasteiger partial charge in [-0.1, -0.05) is 24.6 Å².